The van der Waals surface area contributed by atoms with Crippen LogP contribution in [0.3, 0.4) is 0 Å². The number of benzene rings is 1. The summed E-state index contributed by atoms with van der Waals surface area (Å²) in [7, 11) is 5.67. The van der Waals surface area contributed by atoms with Gasteiger partial charge in [0.2, 0.25) is 0 Å². The Hall–Kier alpha value is -1.35. The van der Waals surface area contributed by atoms with E-state index in [9.17, 15) is 4.79 Å². The second kappa shape index (κ2) is 4.45. The summed E-state index contributed by atoms with van der Waals surface area (Å²) in [5.41, 5.74) is 1.86. The SMILES string of the molecule is [B]C1=CC(=O)CN(Cc2ccccc2)C1. The predicted molar refractivity (Wildman–Crippen MR) is 60.6 cm³/mol. The Kier molecular flexibility index (Phi) is 3.02. The van der Waals surface area contributed by atoms with Crippen LogP contribution in [0.1, 0.15) is 5.56 Å². The summed E-state index contributed by atoms with van der Waals surface area (Å²) in [4.78, 5) is 13.3. The molecule has 0 unspecified atom stereocenters. The fraction of sp³-hybridized carbons (Fsp3) is 0.250. The van der Waals surface area contributed by atoms with Gasteiger partial charge >= 0.3 is 0 Å². The Morgan fingerprint density at radius 2 is 1.93 bits per heavy atom. The van der Waals surface area contributed by atoms with Crippen LogP contribution < -0.4 is 0 Å². The molecule has 1 aromatic carbocycles. The zero-order valence-corrected chi connectivity index (χ0v) is 8.52. The molecule has 0 saturated heterocycles. The lowest BCUT2D eigenvalue weighted by atomic mass is 9.91. The molecule has 0 spiro atoms. The maximum atomic E-state index is 11.3. The van der Waals surface area contributed by atoms with Crippen molar-refractivity contribution in [2.75, 3.05) is 13.1 Å². The molecule has 1 aliphatic heterocycles. The van der Waals surface area contributed by atoms with Crippen molar-refractivity contribution in [1.29, 1.82) is 0 Å². The second-order valence-corrected chi connectivity index (χ2v) is 3.82. The zero-order chi connectivity index (χ0) is 10.7. The van der Waals surface area contributed by atoms with Crippen molar-refractivity contribution in [1.82, 2.24) is 4.90 Å². The average molecular weight is 197 g/mol. The van der Waals surface area contributed by atoms with Crippen molar-refractivity contribution in [3.63, 3.8) is 0 Å². The molecule has 1 aliphatic rings. The summed E-state index contributed by atoms with van der Waals surface area (Å²) in [6.45, 7) is 1.93. The number of hydrogen-bond donors (Lipinski definition) is 0. The molecule has 2 nitrogen and oxygen atoms in total. The number of hydrogen-bond acceptors (Lipinski definition) is 2. The van der Waals surface area contributed by atoms with Crippen LogP contribution in [0.5, 0.6) is 0 Å². The molecule has 0 N–H and O–H groups in total. The smallest absolute Gasteiger partial charge is 0.168 e. The molecular formula is C12H12BNO. The van der Waals surface area contributed by atoms with E-state index in [2.05, 4.69) is 12.1 Å². The number of rotatable bonds is 2. The van der Waals surface area contributed by atoms with E-state index in [1.807, 2.05) is 23.1 Å². The van der Waals surface area contributed by atoms with Crippen molar-refractivity contribution in [2.24, 2.45) is 0 Å². The molecule has 3 heteroatoms. The van der Waals surface area contributed by atoms with Gasteiger partial charge in [-0.25, -0.2) is 0 Å². The van der Waals surface area contributed by atoms with Gasteiger partial charge in [0, 0.05) is 13.1 Å². The molecule has 0 bridgehead atoms. The van der Waals surface area contributed by atoms with Gasteiger partial charge in [-0.3, -0.25) is 9.69 Å². The van der Waals surface area contributed by atoms with Crippen LogP contribution in [0.15, 0.2) is 41.9 Å². The molecule has 74 valence electrons. The predicted octanol–water partition coefficient (Wildman–Crippen LogP) is 1.12. The van der Waals surface area contributed by atoms with E-state index < -0.39 is 0 Å². The van der Waals surface area contributed by atoms with Gasteiger partial charge in [0.25, 0.3) is 0 Å². The number of carbonyl (C=O) groups is 1. The average Bonchev–Trinajstić information content (AvgIpc) is 2.17. The zero-order valence-electron chi connectivity index (χ0n) is 8.52. The monoisotopic (exact) mass is 197 g/mol. The maximum absolute atomic E-state index is 11.3. The molecule has 0 atom stereocenters. The third-order valence-corrected chi connectivity index (χ3v) is 2.38. The van der Waals surface area contributed by atoms with Crippen LogP contribution in [-0.2, 0) is 11.3 Å². The van der Waals surface area contributed by atoms with Crippen LogP contribution in [0.25, 0.3) is 0 Å². The minimum atomic E-state index is 0.0923. The lowest BCUT2D eigenvalue weighted by molar-refractivity contribution is -0.116. The molecule has 0 aromatic heterocycles. The number of nitrogens with zero attached hydrogens (tertiary/aromatic N) is 1. The minimum absolute atomic E-state index is 0.0923. The van der Waals surface area contributed by atoms with Crippen molar-refractivity contribution in [2.45, 2.75) is 6.54 Å². The van der Waals surface area contributed by atoms with E-state index in [0.717, 1.165) is 6.54 Å². The van der Waals surface area contributed by atoms with E-state index in [-0.39, 0.29) is 5.78 Å². The first-order valence-corrected chi connectivity index (χ1v) is 4.99. The highest BCUT2D eigenvalue weighted by Crippen LogP contribution is 2.09. The van der Waals surface area contributed by atoms with E-state index in [1.54, 1.807) is 0 Å². The third kappa shape index (κ3) is 2.80. The van der Waals surface area contributed by atoms with Gasteiger partial charge in [-0.2, -0.15) is 0 Å². The van der Waals surface area contributed by atoms with Crippen molar-refractivity contribution in [3.8, 4) is 0 Å². The molecule has 0 fully saturated rings. The summed E-state index contributed by atoms with van der Waals surface area (Å²) >= 11 is 0. The Morgan fingerprint density at radius 1 is 1.20 bits per heavy atom. The maximum Gasteiger partial charge on any atom is 0.168 e. The highest BCUT2D eigenvalue weighted by Gasteiger charge is 2.14. The topological polar surface area (TPSA) is 20.3 Å². The molecule has 15 heavy (non-hydrogen) atoms. The highest BCUT2D eigenvalue weighted by atomic mass is 16.1. The quantitative estimate of drug-likeness (QED) is 0.662. The normalized spacial score (nSPS) is 17.6. The largest absolute Gasteiger partial charge is 0.293 e. The lowest BCUT2D eigenvalue weighted by Gasteiger charge is -2.25. The van der Waals surface area contributed by atoms with Crippen LogP contribution in [-0.4, -0.2) is 31.6 Å². The van der Waals surface area contributed by atoms with Gasteiger partial charge in [-0.15, -0.1) is 5.47 Å². The molecule has 2 radical (unpaired) electrons. The van der Waals surface area contributed by atoms with E-state index in [4.69, 9.17) is 7.85 Å². The molecule has 0 amide bonds. The van der Waals surface area contributed by atoms with Crippen molar-refractivity contribution < 1.29 is 4.79 Å². The Bertz CT molecular complexity index is 386. The van der Waals surface area contributed by atoms with Crippen molar-refractivity contribution >= 4 is 13.6 Å². The Morgan fingerprint density at radius 3 is 2.60 bits per heavy atom. The van der Waals surface area contributed by atoms with Gasteiger partial charge in [-0.1, -0.05) is 30.3 Å². The first-order valence-electron chi connectivity index (χ1n) is 4.99. The van der Waals surface area contributed by atoms with Crippen LogP contribution in [0.2, 0.25) is 0 Å². The summed E-state index contributed by atoms with van der Waals surface area (Å²) < 4.78 is 0. The van der Waals surface area contributed by atoms with Crippen LogP contribution in [0, 0.1) is 0 Å². The highest BCUT2D eigenvalue weighted by molar-refractivity contribution is 6.24. The Balaban J connectivity index is 2.02. The van der Waals surface area contributed by atoms with E-state index in [0.29, 0.717) is 18.6 Å². The molecule has 1 heterocycles. The molecule has 1 aromatic rings. The van der Waals surface area contributed by atoms with Gasteiger partial charge in [0.1, 0.15) is 7.85 Å². The van der Waals surface area contributed by atoms with Crippen LogP contribution >= 0.6 is 0 Å². The van der Waals surface area contributed by atoms with Gasteiger partial charge in [0.15, 0.2) is 5.78 Å². The Labute approximate surface area is 91.0 Å². The minimum Gasteiger partial charge on any atom is -0.293 e. The fourth-order valence-electron chi connectivity index (χ4n) is 1.79. The first kappa shape index (κ1) is 10.2. The summed E-state index contributed by atoms with van der Waals surface area (Å²) in [5, 5.41) is 0. The summed E-state index contributed by atoms with van der Waals surface area (Å²) in [6, 6.07) is 10.1. The molecular weight excluding hydrogens is 185 g/mol. The van der Waals surface area contributed by atoms with Gasteiger partial charge in [-0.05, 0) is 11.6 Å². The molecule has 0 saturated carbocycles. The summed E-state index contributed by atoms with van der Waals surface area (Å²) in [5.74, 6) is 0.0923. The van der Waals surface area contributed by atoms with Crippen LogP contribution in [0.4, 0.5) is 0 Å². The lowest BCUT2D eigenvalue weighted by Crippen LogP contribution is -2.34. The van der Waals surface area contributed by atoms with Gasteiger partial charge in [0.05, 0.1) is 6.54 Å². The fourth-order valence-corrected chi connectivity index (χ4v) is 1.79. The number of carbonyl (C=O) groups excluding carboxylic acids is 1. The standard InChI is InChI=1S/C12H12BNO/c13-11-6-12(15)9-14(8-11)7-10-4-2-1-3-5-10/h1-6H,7-9H2. The second-order valence-electron chi connectivity index (χ2n) is 3.82. The molecule has 0 aliphatic carbocycles. The number of ketones is 1. The molecule has 2 rings (SSSR count). The van der Waals surface area contributed by atoms with E-state index >= 15 is 0 Å². The summed E-state index contributed by atoms with van der Waals surface area (Å²) in [6.07, 6.45) is 1.53. The van der Waals surface area contributed by atoms with E-state index in [1.165, 1.54) is 11.6 Å². The van der Waals surface area contributed by atoms with Crippen molar-refractivity contribution in [3.05, 3.63) is 47.4 Å². The third-order valence-electron chi connectivity index (χ3n) is 2.38. The first-order chi connectivity index (χ1) is 7.24. The van der Waals surface area contributed by atoms with Gasteiger partial charge < -0.3 is 0 Å².